The van der Waals surface area contributed by atoms with Crippen molar-refractivity contribution in [1.29, 1.82) is 0 Å². The molecule has 0 aliphatic carbocycles. The lowest BCUT2D eigenvalue weighted by Crippen LogP contribution is -2.39. The quantitative estimate of drug-likeness (QED) is 0.704. The zero-order valence-electron chi connectivity index (χ0n) is 13.2. The van der Waals surface area contributed by atoms with Crippen molar-refractivity contribution < 1.29 is 13.6 Å². The number of thiazole rings is 1. The van der Waals surface area contributed by atoms with E-state index < -0.39 is 5.41 Å². The number of hydrogen-bond donors (Lipinski definition) is 0. The van der Waals surface area contributed by atoms with Crippen LogP contribution in [-0.4, -0.2) is 10.9 Å². The Labute approximate surface area is 137 Å². The predicted molar refractivity (Wildman–Crippen MR) is 88.9 cm³/mol. The molecule has 3 rings (SSSR count). The van der Waals surface area contributed by atoms with Crippen LogP contribution in [0.5, 0.6) is 0 Å². The number of halogens is 1. The van der Waals surface area contributed by atoms with Crippen molar-refractivity contribution in [3.05, 3.63) is 48.2 Å². The maximum absolute atomic E-state index is 13.9. The largest absolute Gasteiger partial charge is 0.467 e. The van der Waals surface area contributed by atoms with Crippen LogP contribution in [-0.2, 0) is 11.3 Å². The number of carbonyl (C=O) groups excluding carboxylic acids is 1. The lowest BCUT2D eigenvalue weighted by atomic mass is 9.95. The van der Waals surface area contributed by atoms with Gasteiger partial charge in [-0.1, -0.05) is 38.2 Å². The van der Waals surface area contributed by atoms with Crippen molar-refractivity contribution in [1.82, 2.24) is 4.98 Å². The minimum Gasteiger partial charge on any atom is -0.467 e. The number of anilines is 1. The zero-order chi connectivity index (χ0) is 16.6. The highest BCUT2D eigenvalue weighted by atomic mass is 32.1. The normalized spacial score (nSPS) is 11.8. The molecule has 0 bridgehead atoms. The van der Waals surface area contributed by atoms with Gasteiger partial charge in [0.25, 0.3) is 0 Å². The molecule has 4 nitrogen and oxygen atoms in total. The Morgan fingerprint density at radius 2 is 2.09 bits per heavy atom. The van der Waals surface area contributed by atoms with Crippen LogP contribution in [0.25, 0.3) is 10.2 Å². The maximum atomic E-state index is 13.9. The highest BCUT2D eigenvalue weighted by Gasteiger charge is 2.31. The molecule has 1 aromatic carbocycles. The number of furan rings is 1. The van der Waals surface area contributed by atoms with Gasteiger partial charge in [0, 0.05) is 5.41 Å². The van der Waals surface area contributed by atoms with E-state index in [-0.39, 0.29) is 18.3 Å². The molecule has 0 saturated carbocycles. The summed E-state index contributed by atoms with van der Waals surface area (Å²) in [6.45, 7) is 5.81. The highest BCUT2D eigenvalue weighted by Crippen LogP contribution is 2.33. The molecule has 23 heavy (non-hydrogen) atoms. The van der Waals surface area contributed by atoms with Crippen molar-refractivity contribution in [3.8, 4) is 0 Å². The Morgan fingerprint density at radius 3 is 2.70 bits per heavy atom. The number of nitrogens with zero attached hydrogens (tertiary/aromatic N) is 2. The van der Waals surface area contributed by atoms with E-state index in [1.807, 2.05) is 20.8 Å². The van der Waals surface area contributed by atoms with Crippen LogP contribution in [0, 0.1) is 11.2 Å². The second-order valence-electron chi connectivity index (χ2n) is 6.30. The fourth-order valence-corrected chi connectivity index (χ4v) is 3.19. The molecule has 6 heteroatoms. The van der Waals surface area contributed by atoms with Gasteiger partial charge in [0.05, 0.1) is 17.5 Å². The van der Waals surface area contributed by atoms with E-state index in [1.54, 1.807) is 35.4 Å². The van der Waals surface area contributed by atoms with E-state index in [4.69, 9.17) is 4.42 Å². The van der Waals surface area contributed by atoms with E-state index in [1.165, 1.54) is 17.4 Å². The van der Waals surface area contributed by atoms with E-state index in [0.29, 0.717) is 21.1 Å². The van der Waals surface area contributed by atoms with Crippen LogP contribution in [0.3, 0.4) is 0 Å². The Balaban J connectivity index is 2.05. The predicted octanol–water partition coefficient (Wildman–Crippen LogP) is 4.61. The van der Waals surface area contributed by atoms with Gasteiger partial charge in [-0.15, -0.1) is 0 Å². The van der Waals surface area contributed by atoms with Crippen LogP contribution in [0.4, 0.5) is 9.52 Å². The average molecular weight is 332 g/mol. The van der Waals surface area contributed by atoms with Gasteiger partial charge in [-0.2, -0.15) is 0 Å². The molecule has 2 aromatic heterocycles. The van der Waals surface area contributed by atoms with Crippen molar-refractivity contribution in [3.63, 3.8) is 0 Å². The molecular weight excluding hydrogens is 315 g/mol. The third-order valence-electron chi connectivity index (χ3n) is 3.37. The molecule has 0 radical (unpaired) electrons. The molecule has 3 aromatic rings. The minimum atomic E-state index is -0.580. The smallest absolute Gasteiger partial charge is 0.234 e. The second-order valence-corrected chi connectivity index (χ2v) is 7.31. The van der Waals surface area contributed by atoms with Crippen LogP contribution in [0.1, 0.15) is 26.5 Å². The summed E-state index contributed by atoms with van der Waals surface area (Å²) in [5.74, 6) is 0.182. The lowest BCUT2D eigenvalue weighted by Gasteiger charge is -2.26. The van der Waals surface area contributed by atoms with Crippen molar-refractivity contribution in [2.75, 3.05) is 4.90 Å². The first-order valence-corrected chi connectivity index (χ1v) is 8.07. The molecule has 0 N–H and O–H groups in total. The molecule has 0 aliphatic heterocycles. The molecule has 0 unspecified atom stereocenters. The summed E-state index contributed by atoms with van der Waals surface area (Å²) in [7, 11) is 0. The number of para-hydroxylation sites is 1. The van der Waals surface area contributed by atoms with Gasteiger partial charge < -0.3 is 4.42 Å². The molecule has 0 aliphatic rings. The van der Waals surface area contributed by atoms with Gasteiger partial charge in [0.2, 0.25) is 5.91 Å². The summed E-state index contributed by atoms with van der Waals surface area (Å²) in [5, 5.41) is 0.474. The Bertz CT molecular complexity index is 834. The second kappa shape index (κ2) is 5.77. The third-order valence-corrected chi connectivity index (χ3v) is 4.41. The first kappa shape index (κ1) is 15.7. The lowest BCUT2D eigenvalue weighted by molar-refractivity contribution is -0.126. The summed E-state index contributed by atoms with van der Waals surface area (Å²) in [6, 6.07) is 8.38. The fourth-order valence-electron chi connectivity index (χ4n) is 2.21. The van der Waals surface area contributed by atoms with Crippen molar-refractivity contribution in [2.24, 2.45) is 5.41 Å². The van der Waals surface area contributed by atoms with Crippen molar-refractivity contribution in [2.45, 2.75) is 27.3 Å². The molecule has 0 atom stereocenters. The van der Waals surface area contributed by atoms with Crippen LogP contribution >= 0.6 is 11.3 Å². The van der Waals surface area contributed by atoms with Gasteiger partial charge >= 0.3 is 0 Å². The summed E-state index contributed by atoms with van der Waals surface area (Å²) in [5.41, 5.74) is -0.290. The monoisotopic (exact) mass is 332 g/mol. The first-order valence-electron chi connectivity index (χ1n) is 7.25. The van der Waals surface area contributed by atoms with Gasteiger partial charge in [-0.25, -0.2) is 9.37 Å². The number of carbonyl (C=O) groups is 1. The summed E-state index contributed by atoms with van der Waals surface area (Å²) >= 11 is 1.30. The Hall–Kier alpha value is -2.21. The molecular formula is C17H17FN2O2S. The molecule has 0 fully saturated rings. The van der Waals surface area contributed by atoms with Gasteiger partial charge in [0.15, 0.2) is 5.13 Å². The molecule has 0 spiro atoms. The van der Waals surface area contributed by atoms with Crippen LogP contribution in [0.2, 0.25) is 0 Å². The van der Waals surface area contributed by atoms with E-state index in [0.717, 1.165) is 0 Å². The average Bonchev–Trinajstić information content (AvgIpc) is 3.12. The first-order chi connectivity index (χ1) is 10.9. The number of fused-ring (bicyclic) bond motifs is 1. The molecule has 0 saturated heterocycles. The number of hydrogen-bond acceptors (Lipinski definition) is 4. The molecule has 2 heterocycles. The van der Waals surface area contributed by atoms with Gasteiger partial charge in [0.1, 0.15) is 17.1 Å². The number of benzene rings is 1. The Kier molecular flexibility index (Phi) is 3.93. The molecule has 120 valence electrons. The Morgan fingerprint density at radius 1 is 1.30 bits per heavy atom. The maximum Gasteiger partial charge on any atom is 0.234 e. The number of aromatic nitrogens is 1. The van der Waals surface area contributed by atoms with Crippen LogP contribution < -0.4 is 4.90 Å². The van der Waals surface area contributed by atoms with Crippen LogP contribution in [0.15, 0.2) is 41.0 Å². The SMILES string of the molecule is CC(C)(C)C(=O)N(Cc1ccco1)c1nc2c(F)cccc2s1. The summed E-state index contributed by atoms with van der Waals surface area (Å²) < 4.78 is 20.0. The molecule has 1 amide bonds. The summed E-state index contributed by atoms with van der Waals surface area (Å²) in [6.07, 6.45) is 1.56. The topological polar surface area (TPSA) is 46.3 Å². The van der Waals surface area contributed by atoms with E-state index in [9.17, 15) is 9.18 Å². The van der Waals surface area contributed by atoms with E-state index in [2.05, 4.69) is 4.98 Å². The number of rotatable bonds is 3. The minimum absolute atomic E-state index is 0.0895. The standard InChI is InChI=1S/C17H17FN2O2S/c1-17(2,3)15(21)20(10-11-6-5-9-22-11)16-19-14-12(18)7-4-8-13(14)23-16/h4-9H,10H2,1-3H3. The van der Waals surface area contributed by atoms with E-state index >= 15 is 0 Å². The van der Waals surface area contributed by atoms with Gasteiger partial charge in [-0.05, 0) is 24.3 Å². The van der Waals surface area contributed by atoms with Crippen molar-refractivity contribution >= 4 is 32.6 Å². The highest BCUT2D eigenvalue weighted by molar-refractivity contribution is 7.22. The number of amides is 1. The summed E-state index contributed by atoms with van der Waals surface area (Å²) in [4.78, 5) is 18.7. The van der Waals surface area contributed by atoms with Gasteiger partial charge in [-0.3, -0.25) is 9.69 Å². The fraction of sp³-hybridized carbons (Fsp3) is 0.294. The zero-order valence-corrected chi connectivity index (χ0v) is 14.0. The third kappa shape index (κ3) is 3.12.